The van der Waals surface area contributed by atoms with Crippen LogP contribution >= 0.6 is 15.9 Å². The maximum absolute atomic E-state index is 5.72. The van der Waals surface area contributed by atoms with E-state index in [0.29, 0.717) is 16.2 Å². The molecule has 0 bridgehead atoms. The molecule has 1 aromatic heterocycles. The molecule has 2 N–H and O–H groups in total. The van der Waals surface area contributed by atoms with E-state index in [9.17, 15) is 0 Å². The number of hydrogen-bond acceptors (Lipinski definition) is 4. The molecule has 0 saturated heterocycles. The molecule has 4 nitrogen and oxygen atoms in total. The maximum Gasteiger partial charge on any atom is 0.325 e. The van der Waals surface area contributed by atoms with Gasteiger partial charge in [-0.2, -0.15) is 9.97 Å². The molecule has 0 aliphatic heterocycles. The molecule has 0 aliphatic rings. The Balaban J connectivity index is 2.05. The molecular weight excluding hydrogens is 306 g/mol. The van der Waals surface area contributed by atoms with Crippen LogP contribution in [0.5, 0.6) is 11.8 Å². The number of aromatic nitrogens is 2. The van der Waals surface area contributed by atoms with E-state index in [1.807, 2.05) is 42.5 Å². The molecule has 0 fully saturated rings. The molecule has 3 aromatic rings. The fraction of sp³-hybridized carbons (Fsp3) is 0. The summed E-state index contributed by atoms with van der Waals surface area (Å²) in [6, 6.07) is 15.6. The van der Waals surface area contributed by atoms with E-state index in [2.05, 4.69) is 25.9 Å². The van der Waals surface area contributed by atoms with Gasteiger partial charge in [0.25, 0.3) is 0 Å². The van der Waals surface area contributed by atoms with Crippen molar-refractivity contribution in [3.63, 3.8) is 0 Å². The summed E-state index contributed by atoms with van der Waals surface area (Å²) < 4.78 is 6.31. The molecule has 0 saturated carbocycles. The van der Waals surface area contributed by atoms with Crippen LogP contribution in [-0.4, -0.2) is 9.97 Å². The first-order valence-corrected chi connectivity index (χ1v) is 6.47. The Labute approximate surface area is 118 Å². The Morgan fingerprint density at radius 2 is 1.79 bits per heavy atom. The normalized spacial score (nSPS) is 10.6. The van der Waals surface area contributed by atoms with Crippen molar-refractivity contribution in [2.24, 2.45) is 0 Å². The summed E-state index contributed by atoms with van der Waals surface area (Å²) in [6.07, 6.45) is 0. The molecule has 0 aliphatic carbocycles. The third-order valence-corrected chi connectivity index (χ3v) is 3.05. The molecule has 0 unspecified atom stereocenters. The van der Waals surface area contributed by atoms with E-state index in [-0.39, 0.29) is 6.01 Å². The van der Waals surface area contributed by atoms with Crippen molar-refractivity contribution in [3.05, 3.63) is 53.1 Å². The molecule has 0 spiro atoms. The molecular formula is C14H10BrN3O. The number of halogens is 1. The molecule has 0 radical (unpaired) electrons. The topological polar surface area (TPSA) is 61.0 Å². The van der Waals surface area contributed by atoms with Crippen LogP contribution < -0.4 is 10.5 Å². The number of benzene rings is 2. The molecule has 5 heteroatoms. The van der Waals surface area contributed by atoms with Gasteiger partial charge in [-0.15, -0.1) is 0 Å². The van der Waals surface area contributed by atoms with Crippen molar-refractivity contribution in [2.75, 3.05) is 5.73 Å². The van der Waals surface area contributed by atoms with E-state index >= 15 is 0 Å². The van der Waals surface area contributed by atoms with Crippen LogP contribution in [0.15, 0.2) is 53.1 Å². The van der Waals surface area contributed by atoms with Crippen molar-refractivity contribution >= 4 is 32.5 Å². The smallest absolute Gasteiger partial charge is 0.325 e. The van der Waals surface area contributed by atoms with Gasteiger partial charge in [-0.3, -0.25) is 0 Å². The summed E-state index contributed by atoms with van der Waals surface area (Å²) in [7, 11) is 0. The Hall–Kier alpha value is -2.14. The number of fused-ring (bicyclic) bond motifs is 1. The maximum atomic E-state index is 5.72. The van der Waals surface area contributed by atoms with Gasteiger partial charge in [0.1, 0.15) is 16.2 Å². The summed E-state index contributed by atoms with van der Waals surface area (Å²) in [5, 5.41) is 2.11. The zero-order valence-electron chi connectivity index (χ0n) is 9.88. The van der Waals surface area contributed by atoms with E-state index in [0.717, 1.165) is 10.8 Å². The van der Waals surface area contributed by atoms with Gasteiger partial charge < -0.3 is 10.5 Å². The fourth-order valence-electron chi connectivity index (χ4n) is 1.84. The van der Waals surface area contributed by atoms with Crippen molar-refractivity contribution in [3.8, 4) is 11.8 Å². The second kappa shape index (κ2) is 4.85. The van der Waals surface area contributed by atoms with Crippen molar-refractivity contribution in [1.29, 1.82) is 0 Å². The van der Waals surface area contributed by atoms with Crippen LogP contribution in [0, 0.1) is 0 Å². The third kappa shape index (κ3) is 2.51. The van der Waals surface area contributed by atoms with Crippen molar-refractivity contribution in [1.82, 2.24) is 9.97 Å². The first-order valence-electron chi connectivity index (χ1n) is 5.68. The number of nitrogen functional groups attached to an aromatic ring is 1. The highest BCUT2D eigenvalue weighted by atomic mass is 79.9. The first kappa shape index (κ1) is 11.9. The van der Waals surface area contributed by atoms with Gasteiger partial charge in [0.15, 0.2) is 0 Å². The first-order chi connectivity index (χ1) is 9.22. The Morgan fingerprint density at radius 1 is 1.00 bits per heavy atom. The van der Waals surface area contributed by atoms with Crippen LogP contribution in [0.3, 0.4) is 0 Å². The Morgan fingerprint density at radius 3 is 2.63 bits per heavy atom. The fourth-order valence-corrected chi connectivity index (χ4v) is 2.23. The number of ether oxygens (including phenoxy) is 1. The number of hydrogen-bond donors (Lipinski definition) is 1. The van der Waals surface area contributed by atoms with E-state index < -0.39 is 0 Å². The van der Waals surface area contributed by atoms with Crippen molar-refractivity contribution in [2.45, 2.75) is 0 Å². The monoisotopic (exact) mass is 315 g/mol. The van der Waals surface area contributed by atoms with E-state index in [4.69, 9.17) is 10.5 Å². The minimum atomic E-state index is 0.225. The molecule has 3 rings (SSSR count). The summed E-state index contributed by atoms with van der Waals surface area (Å²) in [4.78, 5) is 8.19. The summed E-state index contributed by atoms with van der Waals surface area (Å²) in [5.41, 5.74) is 5.66. The van der Waals surface area contributed by atoms with Crippen LogP contribution in [0.2, 0.25) is 0 Å². The zero-order valence-corrected chi connectivity index (χ0v) is 11.5. The lowest BCUT2D eigenvalue weighted by Gasteiger charge is -2.07. The highest BCUT2D eigenvalue weighted by Crippen LogP contribution is 2.28. The van der Waals surface area contributed by atoms with E-state index in [1.54, 1.807) is 6.07 Å². The predicted molar refractivity (Wildman–Crippen MR) is 78.2 cm³/mol. The van der Waals surface area contributed by atoms with Crippen LogP contribution in [0.25, 0.3) is 10.8 Å². The Bertz CT molecular complexity index is 720. The lowest BCUT2D eigenvalue weighted by atomic mass is 10.1. The number of rotatable bonds is 2. The zero-order chi connectivity index (χ0) is 13.2. The van der Waals surface area contributed by atoms with Gasteiger partial charge in [-0.25, -0.2) is 0 Å². The Kier molecular flexibility index (Phi) is 3.05. The van der Waals surface area contributed by atoms with E-state index in [1.165, 1.54) is 0 Å². The lowest BCUT2D eigenvalue weighted by Crippen LogP contribution is -1.97. The molecule has 2 aromatic carbocycles. The lowest BCUT2D eigenvalue weighted by molar-refractivity contribution is 0.446. The third-order valence-electron chi connectivity index (χ3n) is 2.65. The summed E-state index contributed by atoms with van der Waals surface area (Å²) >= 11 is 3.26. The van der Waals surface area contributed by atoms with Gasteiger partial charge >= 0.3 is 6.01 Å². The summed E-state index contributed by atoms with van der Waals surface area (Å²) in [5.74, 6) is 1.06. The predicted octanol–water partition coefficient (Wildman–Crippen LogP) is 3.77. The van der Waals surface area contributed by atoms with Gasteiger partial charge in [0.05, 0.1) is 0 Å². The second-order valence-corrected chi connectivity index (χ2v) is 4.79. The van der Waals surface area contributed by atoms with Gasteiger partial charge in [0.2, 0.25) is 0 Å². The number of nitrogens with zero attached hydrogens (tertiary/aromatic N) is 2. The summed E-state index contributed by atoms with van der Waals surface area (Å²) in [6.45, 7) is 0. The van der Waals surface area contributed by atoms with Crippen LogP contribution in [-0.2, 0) is 0 Å². The minimum absolute atomic E-state index is 0.225. The number of anilines is 1. The van der Waals surface area contributed by atoms with Gasteiger partial charge in [-0.1, -0.05) is 36.4 Å². The molecule has 1 heterocycles. The highest BCUT2D eigenvalue weighted by molar-refractivity contribution is 9.10. The standard InChI is InChI=1S/C14H10BrN3O/c15-12-8-13(16)18-14(17-12)19-11-7-3-5-9-4-1-2-6-10(9)11/h1-8H,(H2,16,17,18). The molecule has 0 atom stereocenters. The van der Waals surface area contributed by atoms with Crippen molar-refractivity contribution < 1.29 is 4.74 Å². The van der Waals surface area contributed by atoms with Gasteiger partial charge in [-0.05, 0) is 27.4 Å². The quantitative estimate of drug-likeness (QED) is 0.731. The average Bonchev–Trinajstić information content (AvgIpc) is 2.38. The highest BCUT2D eigenvalue weighted by Gasteiger charge is 2.06. The molecule has 19 heavy (non-hydrogen) atoms. The minimum Gasteiger partial charge on any atom is -0.424 e. The SMILES string of the molecule is Nc1cc(Br)nc(Oc2cccc3ccccc23)n1. The van der Waals surface area contributed by atoms with Crippen LogP contribution in [0.1, 0.15) is 0 Å². The number of nitrogens with two attached hydrogens (primary N) is 1. The largest absolute Gasteiger partial charge is 0.424 e. The van der Waals surface area contributed by atoms with Crippen LogP contribution in [0.4, 0.5) is 5.82 Å². The molecule has 0 amide bonds. The average molecular weight is 316 g/mol. The molecule has 94 valence electrons. The van der Waals surface area contributed by atoms with Gasteiger partial charge in [0, 0.05) is 11.5 Å². The second-order valence-electron chi connectivity index (χ2n) is 3.98.